The molecule has 0 aliphatic carbocycles. The standard InChI is InChI=1S/C19H19FN4O/c1-24(2,3)14-6-4-13(5-7-14)23-17-8-9-21-19(25)15-10-12(20)11-16(22-23)18(15)17/h4-7,10-11H,8-9H2,1-3H3/p+1. The van der Waals surface area contributed by atoms with Crippen molar-refractivity contribution >= 4 is 22.5 Å². The van der Waals surface area contributed by atoms with Crippen LogP contribution in [0.15, 0.2) is 36.4 Å². The molecule has 0 saturated heterocycles. The van der Waals surface area contributed by atoms with Gasteiger partial charge >= 0.3 is 0 Å². The summed E-state index contributed by atoms with van der Waals surface area (Å²) in [5.74, 6) is -0.695. The largest absolute Gasteiger partial charge is 0.352 e. The first-order valence-electron chi connectivity index (χ1n) is 8.26. The fraction of sp³-hybridized carbons (Fsp3) is 0.263. The van der Waals surface area contributed by atoms with Crippen LogP contribution in [0.4, 0.5) is 10.1 Å². The maximum Gasteiger partial charge on any atom is 0.252 e. The molecule has 5 nitrogen and oxygen atoms in total. The Labute approximate surface area is 145 Å². The summed E-state index contributed by atoms with van der Waals surface area (Å²) >= 11 is 0. The lowest BCUT2D eigenvalue weighted by Gasteiger charge is -2.23. The normalized spacial score (nSPS) is 14.5. The van der Waals surface area contributed by atoms with Gasteiger partial charge in [0.15, 0.2) is 0 Å². The predicted octanol–water partition coefficient (Wildman–Crippen LogP) is 2.65. The second kappa shape index (κ2) is 5.39. The van der Waals surface area contributed by atoms with Gasteiger partial charge in [0.2, 0.25) is 0 Å². The molecular formula is C19H20FN4O+. The summed E-state index contributed by atoms with van der Waals surface area (Å²) in [5, 5.41) is 8.14. The molecule has 1 aliphatic rings. The number of carbonyl (C=O) groups is 1. The van der Waals surface area contributed by atoms with Crippen LogP contribution in [-0.4, -0.2) is 43.4 Å². The minimum Gasteiger partial charge on any atom is -0.352 e. The topological polar surface area (TPSA) is 46.9 Å². The average molecular weight is 339 g/mol. The minimum atomic E-state index is -0.448. The number of halogens is 1. The van der Waals surface area contributed by atoms with Crippen LogP contribution in [-0.2, 0) is 6.42 Å². The molecule has 128 valence electrons. The van der Waals surface area contributed by atoms with Crippen molar-refractivity contribution in [1.82, 2.24) is 19.6 Å². The van der Waals surface area contributed by atoms with E-state index in [1.165, 1.54) is 17.8 Å². The van der Waals surface area contributed by atoms with Crippen LogP contribution in [0.2, 0.25) is 0 Å². The van der Waals surface area contributed by atoms with Crippen LogP contribution < -0.4 is 9.80 Å². The fourth-order valence-corrected chi connectivity index (χ4v) is 3.30. The molecule has 2 aromatic carbocycles. The molecule has 0 fully saturated rings. The minimum absolute atomic E-state index is 0.247. The van der Waals surface area contributed by atoms with Crippen LogP contribution in [0.25, 0.3) is 16.6 Å². The van der Waals surface area contributed by atoms with E-state index in [0.717, 1.165) is 21.3 Å². The first-order valence-corrected chi connectivity index (χ1v) is 8.26. The van der Waals surface area contributed by atoms with Gasteiger partial charge in [-0.25, -0.2) is 9.07 Å². The second-order valence-electron chi connectivity index (χ2n) is 7.24. The molecule has 1 amide bonds. The van der Waals surface area contributed by atoms with E-state index in [2.05, 4.69) is 43.7 Å². The molecule has 1 aromatic heterocycles. The van der Waals surface area contributed by atoms with Crippen molar-refractivity contribution in [2.24, 2.45) is 0 Å². The summed E-state index contributed by atoms with van der Waals surface area (Å²) in [5.41, 5.74) is 3.88. The predicted molar refractivity (Wildman–Crippen MR) is 96.6 cm³/mol. The number of hydrogen-bond acceptors (Lipinski definition) is 2. The smallest absolute Gasteiger partial charge is 0.252 e. The summed E-state index contributed by atoms with van der Waals surface area (Å²) in [6.07, 6.45) is 0.651. The molecule has 2 heterocycles. The third-order valence-electron chi connectivity index (χ3n) is 4.60. The van der Waals surface area contributed by atoms with Crippen molar-refractivity contribution < 1.29 is 9.18 Å². The lowest BCUT2D eigenvalue weighted by molar-refractivity contribution is 0.0956. The Morgan fingerprint density at radius 2 is 1.88 bits per heavy atom. The molecule has 0 radical (unpaired) electrons. The Morgan fingerprint density at radius 1 is 1.16 bits per heavy atom. The van der Waals surface area contributed by atoms with Gasteiger partial charge in [0.05, 0.1) is 43.6 Å². The van der Waals surface area contributed by atoms with Gasteiger partial charge in [-0.05, 0) is 18.2 Å². The number of rotatable bonds is 2. The highest BCUT2D eigenvalue weighted by Gasteiger charge is 2.24. The third kappa shape index (κ3) is 2.59. The van der Waals surface area contributed by atoms with E-state index in [9.17, 15) is 9.18 Å². The molecule has 25 heavy (non-hydrogen) atoms. The monoisotopic (exact) mass is 339 g/mol. The van der Waals surface area contributed by atoms with Crippen molar-refractivity contribution in [3.63, 3.8) is 0 Å². The van der Waals surface area contributed by atoms with Crippen molar-refractivity contribution in [3.05, 3.63) is 53.5 Å². The summed E-state index contributed by atoms with van der Waals surface area (Å²) in [6, 6.07) is 10.8. The molecule has 0 atom stereocenters. The Bertz CT molecular complexity index is 983. The average Bonchev–Trinajstić information content (AvgIpc) is 2.82. The molecule has 0 spiro atoms. The number of nitrogens with zero attached hydrogens (tertiary/aromatic N) is 3. The van der Waals surface area contributed by atoms with E-state index in [0.29, 0.717) is 24.0 Å². The van der Waals surface area contributed by atoms with Gasteiger partial charge in [-0.3, -0.25) is 9.28 Å². The number of amides is 1. The quantitative estimate of drug-likeness (QED) is 0.730. The van der Waals surface area contributed by atoms with Crippen LogP contribution in [0.5, 0.6) is 0 Å². The van der Waals surface area contributed by atoms with Gasteiger partial charge in [-0.15, -0.1) is 0 Å². The zero-order valence-corrected chi connectivity index (χ0v) is 14.5. The Morgan fingerprint density at radius 3 is 2.56 bits per heavy atom. The van der Waals surface area contributed by atoms with Crippen LogP contribution in [0.3, 0.4) is 0 Å². The highest BCUT2D eigenvalue weighted by Crippen LogP contribution is 2.29. The fourth-order valence-electron chi connectivity index (χ4n) is 3.30. The van der Waals surface area contributed by atoms with Gasteiger partial charge < -0.3 is 5.32 Å². The molecule has 0 saturated carbocycles. The Balaban J connectivity index is 1.92. The van der Waals surface area contributed by atoms with E-state index in [-0.39, 0.29) is 5.91 Å². The molecule has 1 N–H and O–H groups in total. The van der Waals surface area contributed by atoms with Gasteiger partial charge in [-0.2, -0.15) is 5.10 Å². The SMILES string of the molecule is C[N+](C)(C)c1ccc(-n2nc3cc(F)cc4c3c2CCNC4=O)cc1. The number of aromatic nitrogens is 2. The van der Waals surface area contributed by atoms with Gasteiger partial charge in [0.25, 0.3) is 5.91 Å². The maximum absolute atomic E-state index is 13.9. The molecule has 0 unspecified atom stereocenters. The highest BCUT2D eigenvalue weighted by molar-refractivity contribution is 6.08. The van der Waals surface area contributed by atoms with E-state index in [4.69, 9.17) is 0 Å². The summed E-state index contributed by atoms with van der Waals surface area (Å²) in [4.78, 5) is 12.2. The van der Waals surface area contributed by atoms with Crippen LogP contribution in [0, 0.1) is 5.82 Å². The van der Waals surface area contributed by atoms with E-state index >= 15 is 0 Å². The van der Waals surface area contributed by atoms with Crippen LogP contribution in [0.1, 0.15) is 16.1 Å². The van der Waals surface area contributed by atoms with Crippen molar-refractivity contribution in [2.45, 2.75) is 6.42 Å². The van der Waals surface area contributed by atoms with E-state index < -0.39 is 5.82 Å². The molecule has 0 bridgehead atoms. The summed E-state index contributed by atoms with van der Waals surface area (Å²) < 4.78 is 16.5. The number of hydrogen-bond donors (Lipinski definition) is 1. The van der Waals surface area contributed by atoms with E-state index in [1.807, 2.05) is 16.8 Å². The first-order chi connectivity index (χ1) is 11.8. The third-order valence-corrected chi connectivity index (χ3v) is 4.60. The zero-order valence-electron chi connectivity index (χ0n) is 14.5. The van der Waals surface area contributed by atoms with Crippen molar-refractivity contribution in [1.29, 1.82) is 0 Å². The maximum atomic E-state index is 13.9. The molecule has 1 aliphatic heterocycles. The Kier molecular flexibility index (Phi) is 3.40. The summed E-state index contributed by atoms with van der Waals surface area (Å²) in [6.45, 7) is 0.507. The van der Waals surface area contributed by atoms with Gasteiger partial charge in [-0.1, -0.05) is 0 Å². The molecule has 6 heteroatoms. The number of nitrogens with one attached hydrogen (secondary N) is 1. The highest BCUT2D eigenvalue weighted by atomic mass is 19.1. The first kappa shape index (κ1) is 15.8. The molecule has 3 aromatic rings. The molecular weight excluding hydrogens is 319 g/mol. The van der Waals surface area contributed by atoms with Crippen molar-refractivity contribution in [2.75, 3.05) is 27.7 Å². The number of carbonyl (C=O) groups excluding carboxylic acids is 1. The number of quaternary nitrogens is 1. The Hall–Kier alpha value is -2.73. The molecule has 4 rings (SSSR count). The lowest BCUT2D eigenvalue weighted by atomic mass is 10.1. The van der Waals surface area contributed by atoms with Crippen molar-refractivity contribution in [3.8, 4) is 5.69 Å². The van der Waals surface area contributed by atoms with Gasteiger partial charge in [0.1, 0.15) is 11.5 Å². The second-order valence-corrected chi connectivity index (χ2v) is 7.24. The zero-order chi connectivity index (χ0) is 17.8. The number of benzene rings is 2. The van der Waals surface area contributed by atoms with Gasteiger partial charge in [0, 0.05) is 36.6 Å². The van der Waals surface area contributed by atoms with E-state index in [1.54, 1.807) is 0 Å². The lowest BCUT2D eigenvalue weighted by Crippen LogP contribution is -2.34. The van der Waals surface area contributed by atoms with Crippen LogP contribution >= 0.6 is 0 Å². The summed E-state index contributed by atoms with van der Waals surface area (Å²) in [7, 11) is 6.33.